The number of benzene rings is 1. The van der Waals surface area contributed by atoms with E-state index in [1.165, 1.54) is 0 Å². The van der Waals surface area contributed by atoms with Crippen LogP contribution in [0, 0.1) is 12.8 Å². The Kier molecular flexibility index (Phi) is 5.09. The number of carbonyl (C=O) groups is 1. The minimum atomic E-state index is -0.108. The second-order valence-corrected chi connectivity index (χ2v) is 7.93. The lowest BCUT2D eigenvalue weighted by molar-refractivity contribution is 0.0765. The molecule has 8 heteroatoms. The van der Waals surface area contributed by atoms with E-state index in [4.69, 9.17) is 14.0 Å². The van der Waals surface area contributed by atoms with Crippen LogP contribution in [0.4, 0.5) is 0 Å². The lowest BCUT2D eigenvalue weighted by Gasteiger charge is -2.14. The molecule has 1 aliphatic heterocycles. The third-order valence-corrected chi connectivity index (χ3v) is 5.55. The Morgan fingerprint density at radius 1 is 1.41 bits per heavy atom. The summed E-state index contributed by atoms with van der Waals surface area (Å²) in [4.78, 5) is 18.8. The molecule has 0 aliphatic carbocycles. The van der Waals surface area contributed by atoms with Gasteiger partial charge >= 0.3 is 0 Å². The van der Waals surface area contributed by atoms with Crippen molar-refractivity contribution in [3.05, 3.63) is 40.7 Å². The van der Waals surface area contributed by atoms with Crippen LogP contribution in [0.15, 0.2) is 28.8 Å². The predicted octanol–water partition coefficient (Wildman–Crippen LogP) is 3.28. The Hall–Kier alpha value is -2.45. The van der Waals surface area contributed by atoms with Gasteiger partial charge < -0.3 is 18.9 Å². The molecule has 1 aromatic carbocycles. The van der Waals surface area contributed by atoms with Gasteiger partial charge in [-0.05, 0) is 25.5 Å². The molecule has 7 nitrogen and oxygen atoms in total. The summed E-state index contributed by atoms with van der Waals surface area (Å²) in [7, 11) is 1.68. The molecule has 0 N–H and O–H groups in total. The van der Waals surface area contributed by atoms with Crippen LogP contribution in [0.1, 0.15) is 27.7 Å². The summed E-state index contributed by atoms with van der Waals surface area (Å²) >= 11 is 1.65. The maximum absolute atomic E-state index is 12.5. The van der Waals surface area contributed by atoms with Crippen LogP contribution in [0.25, 0.3) is 10.2 Å². The Morgan fingerprint density at radius 2 is 2.30 bits per heavy atom. The van der Waals surface area contributed by atoms with Crippen LogP contribution >= 0.6 is 11.3 Å². The third kappa shape index (κ3) is 3.96. The molecule has 1 amide bonds. The summed E-state index contributed by atoms with van der Waals surface area (Å²) in [5.74, 6) is 1.50. The fraction of sp³-hybridized carbons (Fsp3) is 0.421. The number of thiazole rings is 1. The molecule has 142 valence electrons. The number of aryl methyl sites for hydroxylation is 1. The predicted molar refractivity (Wildman–Crippen MR) is 101 cm³/mol. The average Bonchev–Trinajstić information content (AvgIpc) is 3.38. The Labute approximate surface area is 160 Å². The van der Waals surface area contributed by atoms with Gasteiger partial charge in [0.2, 0.25) is 0 Å². The van der Waals surface area contributed by atoms with Crippen LogP contribution in [0.2, 0.25) is 0 Å². The second kappa shape index (κ2) is 7.66. The summed E-state index contributed by atoms with van der Waals surface area (Å²) < 4.78 is 17.3. The van der Waals surface area contributed by atoms with Crippen molar-refractivity contribution in [2.75, 3.05) is 26.8 Å². The number of amides is 1. The van der Waals surface area contributed by atoms with Crippen molar-refractivity contribution in [2.45, 2.75) is 20.0 Å². The van der Waals surface area contributed by atoms with Crippen LogP contribution < -0.4 is 4.74 Å². The van der Waals surface area contributed by atoms with Gasteiger partial charge in [-0.15, -0.1) is 11.3 Å². The van der Waals surface area contributed by atoms with Crippen LogP contribution in [-0.2, 0) is 11.3 Å². The maximum Gasteiger partial charge on any atom is 0.276 e. The fourth-order valence-corrected chi connectivity index (χ4v) is 4.11. The van der Waals surface area contributed by atoms with Gasteiger partial charge in [-0.3, -0.25) is 4.79 Å². The van der Waals surface area contributed by atoms with E-state index in [1.807, 2.05) is 25.1 Å². The fourth-order valence-electron chi connectivity index (χ4n) is 3.30. The standard InChI is InChI=1S/C19H21N3O4S/c1-12-20-16-7-14(3-4-18(16)27-12)25-11-15-8-17(21-26-15)19(23)22-6-5-13(9-22)10-24-2/h3-4,7-8,13H,5-6,9-11H2,1-2H3/t13-/m0/s1. The number of carbonyl (C=O) groups excluding carboxylic acids is 1. The Morgan fingerprint density at radius 3 is 3.15 bits per heavy atom. The van der Waals surface area contributed by atoms with E-state index >= 15 is 0 Å². The van der Waals surface area contributed by atoms with E-state index in [2.05, 4.69) is 10.1 Å². The van der Waals surface area contributed by atoms with Gasteiger partial charge in [0.15, 0.2) is 11.5 Å². The highest BCUT2D eigenvalue weighted by Crippen LogP contribution is 2.26. The van der Waals surface area contributed by atoms with Gasteiger partial charge in [0.05, 0.1) is 21.8 Å². The van der Waals surface area contributed by atoms with Crippen LogP contribution in [-0.4, -0.2) is 47.8 Å². The number of fused-ring (bicyclic) bond motifs is 1. The van der Waals surface area contributed by atoms with Crippen molar-refractivity contribution in [3.8, 4) is 5.75 Å². The number of hydrogen-bond acceptors (Lipinski definition) is 7. The van der Waals surface area contributed by atoms with Crippen molar-refractivity contribution in [1.82, 2.24) is 15.0 Å². The minimum absolute atomic E-state index is 0.108. The minimum Gasteiger partial charge on any atom is -0.485 e. The van der Waals surface area contributed by atoms with Crippen molar-refractivity contribution < 1.29 is 18.8 Å². The van der Waals surface area contributed by atoms with Crippen LogP contribution in [0.5, 0.6) is 5.75 Å². The van der Waals surface area contributed by atoms with Crippen LogP contribution in [0.3, 0.4) is 0 Å². The highest BCUT2D eigenvalue weighted by molar-refractivity contribution is 7.18. The Balaban J connectivity index is 1.36. The first-order chi connectivity index (χ1) is 13.1. The van der Waals surface area contributed by atoms with E-state index in [-0.39, 0.29) is 12.5 Å². The number of aromatic nitrogens is 2. The topological polar surface area (TPSA) is 77.7 Å². The molecule has 1 saturated heterocycles. The maximum atomic E-state index is 12.5. The summed E-state index contributed by atoms with van der Waals surface area (Å²) in [6.07, 6.45) is 0.950. The number of methoxy groups -OCH3 is 1. The van der Waals surface area contributed by atoms with E-state index < -0.39 is 0 Å². The molecule has 4 rings (SSSR count). The zero-order valence-corrected chi connectivity index (χ0v) is 16.1. The number of hydrogen-bond donors (Lipinski definition) is 0. The molecule has 3 aromatic rings. The third-order valence-electron chi connectivity index (χ3n) is 4.60. The van der Waals surface area contributed by atoms with E-state index in [1.54, 1.807) is 29.4 Å². The van der Waals surface area contributed by atoms with Gasteiger partial charge in [0.1, 0.15) is 12.4 Å². The number of ether oxygens (including phenoxy) is 2. The van der Waals surface area contributed by atoms with Gasteiger partial charge in [-0.1, -0.05) is 5.16 Å². The zero-order chi connectivity index (χ0) is 18.8. The van der Waals surface area contributed by atoms with E-state index in [0.29, 0.717) is 36.3 Å². The average molecular weight is 387 g/mol. The van der Waals surface area contributed by atoms with E-state index in [0.717, 1.165) is 28.2 Å². The summed E-state index contributed by atoms with van der Waals surface area (Å²) in [6.45, 7) is 4.28. The molecular weight excluding hydrogens is 366 g/mol. The first-order valence-electron chi connectivity index (χ1n) is 8.86. The normalized spacial score (nSPS) is 17.0. The van der Waals surface area contributed by atoms with E-state index in [9.17, 15) is 4.79 Å². The quantitative estimate of drug-likeness (QED) is 0.646. The number of nitrogens with zero attached hydrogens (tertiary/aromatic N) is 3. The van der Waals surface area contributed by atoms with Gasteiger partial charge in [0.25, 0.3) is 5.91 Å². The lowest BCUT2D eigenvalue weighted by atomic mass is 10.1. The molecule has 0 bridgehead atoms. The van der Waals surface area contributed by atoms with Gasteiger partial charge in [-0.2, -0.15) is 0 Å². The summed E-state index contributed by atoms with van der Waals surface area (Å²) in [5.41, 5.74) is 1.24. The summed E-state index contributed by atoms with van der Waals surface area (Å²) in [6, 6.07) is 7.45. The molecule has 2 aromatic heterocycles. The van der Waals surface area contributed by atoms with Gasteiger partial charge in [0, 0.05) is 38.2 Å². The lowest BCUT2D eigenvalue weighted by Crippen LogP contribution is -2.29. The monoisotopic (exact) mass is 387 g/mol. The van der Waals surface area contributed by atoms with Crippen molar-refractivity contribution in [3.63, 3.8) is 0 Å². The highest BCUT2D eigenvalue weighted by Gasteiger charge is 2.28. The molecule has 27 heavy (non-hydrogen) atoms. The van der Waals surface area contributed by atoms with Crippen molar-refractivity contribution in [2.24, 2.45) is 5.92 Å². The second-order valence-electron chi connectivity index (χ2n) is 6.69. The molecule has 1 fully saturated rings. The first-order valence-corrected chi connectivity index (χ1v) is 9.68. The molecular formula is C19H21N3O4S. The molecule has 0 unspecified atom stereocenters. The highest BCUT2D eigenvalue weighted by atomic mass is 32.1. The smallest absolute Gasteiger partial charge is 0.276 e. The summed E-state index contributed by atoms with van der Waals surface area (Å²) in [5, 5.41) is 4.93. The number of likely N-dealkylation sites (tertiary alicyclic amines) is 1. The Bertz CT molecular complexity index is 951. The molecule has 0 spiro atoms. The zero-order valence-electron chi connectivity index (χ0n) is 15.3. The number of rotatable bonds is 6. The van der Waals surface area contributed by atoms with Crippen molar-refractivity contribution in [1.29, 1.82) is 0 Å². The van der Waals surface area contributed by atoms with Gasteiger partial charge in [-0.25, -0.2) is 4.98 Å². The SMILES string of the molecule is COC[C@H]1CCN(C(=O)c2cc(COc3ccc4sc(C)nc4c3)on2)C1. The first kappa shape index (κ1) is 17.9. The molecule has 1 aliphatic rings. The largest absolute Gasteiger partial charge is 0.485 e. The molecule has 0 radical (unpaired) electrons. The molecule has 1 atom stereocenters. The van der Waals surface area contributed by atoms with Crippen molar-refractivity contribution >= 4 is 27.5 Å². The molecule has 3 heterocycles. The molecule has 0 saturated carbocycles.